The molecule has 0 fully saturated rings. The van der Waals surface area contributed by atoms with Gasteiger partial charge in [-0.25, -0.2) is 17.8 Å². The van der Waals surface area contributed by atoms with Crippen molar-refractivity contribution in [3.05, 3.63) is 51.9 Å². The molecule has 1 aromatic heterocycles. The lowest BCUT2D eigenvalue weighted by Gasteiger charge is -2.12. The van der Waals surface area contributed by atoms with Crippen LogP contribution in [0.25, 0.3) is 0 Å². The summed E-state index contributed by atoms with van der Waals surface area (Å²) in [7, 11) is -2.31. The molecular weight excluding hydrogens is 318 g/mol. The number of rotatable bonds is 6. The van der Waals surface area contributed by atoms with Gasteiger partial charge < -0.3 is 4.74 Å². The molecule has 1 N–H and O–H groups in total. The van der Waals surface area contributed by atoms with Gasteiger partial charge in [-0.2, -0.15) is 5.10 Å². The Morgan fingerprint density at radius 3 is 2.65 bits per heavy atom. The summed E-state index contributed by atoms with van der Waals surface area (Å²) < 4.78 is 33.5. The molecule has 8 heteroatoms. The van der Waals surface area contributed by atoms with Crippen molar-refractivity contribution in [1.29, 1.82) is 0 Å². The van der Waals surface area contributed by atoms with Crippen LogP contribution < -0.4 is 15.0 Å². The maximum Gasteiger partial charge on any atom is 0.266 e. The summed E-state index contributed by atoms with van der Waals surface area (Å²) in [4.78, 5) is 11.7. The zero-order chi connectivity index (χ0) is 17.0. The van der Waals surface area contributed by atoms with Crippen molar-refractivity contribution >= 4 is 10.0 Å². The van der Waals surface area contributed by atoms with Crippen molar-refractivity contribution in [2.24, 2.45) is 0 Å². The molecule has 23 heavy (non-hydrogen) atoms. The zero-order valence-corrected chi connectivity index (χ0v) is 14.1. The van der Waals surface area contributed by atoms with Crippen molar-refractivity contribution in [1.82, 2.24) is 14.5 Å². The number of hydrogen-bond acceptors (Lipinski definition) is 5. The third-order valence-electron chi connectivity index (χ3n) is 3.22. The maximum absolute atomic E-state index is 12.4. The molecule has 0 spiro atoms. The summed E-state index contributed by atoms with van der Waals surface area (Å²) in [6, 6.07) is 7.86. The highest BCUT2D eigenvalue weighted by molar-refractivity contribution is 7.89. The second kappa shape index (κ2) is 6.93. The highest BCUT2D eigenvalue weighted by Crippen LogP contribution is 2.24. The second-order valence-corrected chi connectivity index (χ2v) is 6.82. The second-order valence-electron chi connectivity index (χ2n) is 5.09. The van der Waals surface area contributed by atoms with Gasteiger partial charge in [0, 0.05) is 12.6 Å². The average molecular weight is 337 g/mol. The van der Waals surface area contributed by atoms with Crippen molar-refractivity contribution in [3.8, 4) is 5.75 Å². The third kappa shape index (κ3) is 4.17. The zero-order valence-electron chi connectivity index (χ0n) is 13.2. The van der Waals surface area contributed by atoms with Crippen molar-refractivity contribution < 1.29 is 13.2 Å². The number of benzene rings is 1. The number of nitrogens with one attached hydrogen (secondary N) is 1. The summed E-state index contributed by atoms with van der Waals surface area (Å²) in [5.74, 6) is 0.281. The number of ether oxygens (including phenoxy) is 1. The van der Waals surface area contributed by atoms with E-state index in [0.717, 1.165) is 5.56 Å². The van der Waals surface area contributed by atoms with Crippen LogP contribution >= 0.6 is 0 Å². The summed E-state index contributed by atoms with van der Waals surface area (Å²) in [6.07, 6.45) is 0. The van der Waals surface area contributed by atoms with Gasteiger partial charge in [-0.05, 0) is 37.6 Å². The molecule has 2 rings (SSSR count). The molecule has 2 aromatic rings. The molecule has 0 amide bonds. The molecule has 1 aromatic carbocycles. The normalized spacial score (nSPS) is 11.4. The Kier molecular flexibility index (Phi) is 5.17. The largest absolute Gasteiger partial charge is 0.495 e. The van der Waals surface area contributed by atoms with Gasteiger partial charge >= 0.3 is 0 Å². The fourth-order valence-electron chi connectivity index (χ4n) is 2.07. The van der Waals surface area contributed by atoms with Gasteiger partial charge in [0.15, 0.2) is 0 Å². The van der Waals surface area contributed by atoms with Crippen LogP contribution in [0.5, 0.6) is 5.75 Å². The van der Waals surface area contributed by atoms with E-state index in [4.69, 9.17) is 4.74 Å². The molecule has 7 nitrogen and oxygen atoms in total. The van der Waals surface area contributed by atoms with Crippen LogP contribution in [0.3, 0.4) is 0 Å². The molecule has 0 unspecified atom stereocenters. The van der Waals surface area contributed by atoms with Crippen LogP contribution in [-0.4, -0.2) is 31.9 Å². The fraction of sp³-hybridized carbons (Fsp3) is 0.333. The van der Waals surface area contributed by atoms with E-state index in [1.165, 1.54) is 23.9 Å². The number of hydrogen-bond donors (Lipinski definition) is 1. The minimum atomic E-state index is -3.73. The molecule has 1 heterocycles. The Morgan fingerprint density at radius 2 is 1.96 bits per heavy atom. The number of sulfonamides is 1. The Hall–Kier alpha value is -2.19. The Balaban J connectivity index is 2.13. The lowest BCUT2D eigenvalue weighted by Crippen LogP contribution is -2.32. The van der Waals surface area contributed by atoms with E-state index in [0.29, 0.717) is 5.69 Å². The van der Waals surface area contributed by atoms with Crippen LogP contribution in [0.1, 0.15) is 11.3 Å². The van der Waals surface area contributed by atoms with E-state index in [-0.39, 0.29) is 29.3 Å². The van der Waals surface area contributed by atoms with Gasteiger partial charge in [-0.1, -0.05) is 6.07 Å². The van der Waals surface area contributed by atoms with Gasteiger partial charge in [-0.15, -0.1) is 0 Å². The number of methoxy groups -OCH3 is 1. The number of aryl methyl sites for hydroxylation is 2. The standard InChI is InChI=1S/C15H19N3O4S/c1-11-4-6-14(13(10-11)22-3)23(20,21)16-8-9-18-15(19)7-5-12(2)17-18/h4-7,10,16H,8-9H2,1-3H3. The molecule has 0 radical (unpaired) electrons. The molecular formula is C15H19N3O4S. The fourth-order valence-corrected chi connectivity index (χ4v) is 3.24. The van der Waals surface area contributed by atoms with Crippen LogP contribution in [0.2, 0.25) is 0 Å². The summed E-state index contributed by atoms with van der Waals surface area (Å²) >= 11 is 0. The van der Waals surface area contributed by atoms with Gasteiger partial charge in [0.1, 0.15) is 10.6 Å². The first kappa shape index (κ1) is 17.2. The highest BCUT2D eigenvalue weighted by Gasteiger charge is 2.19. The van der Waals surface area contributed by atoms with Crippen molar-refractivity contribution in [3.63, 3.8) is 0 Å². The monoisotopic (exact) mass is 337 g/mol. The molecule has 0 saturated heterocycles. The van der Waals surface area contributed by atoms with Crippen LogP contribution in [-0.2, 0) is 16.6 Å². The first-order valence-electron chi connectivity index (χ1n) is 7.02. The summed E-state index contributed by atoms with van der Waals surface area (Å²) in [6.45, 7) is 3.81. The minimum Gasteiger partial charge on any atom is -0.495 e. The SMILES string of the molecule is COc1cc(C)ccc1S(=O)(=O)NCCn1nc(C)ccc1=O. The average Bonchev–Trinajstić information content (AvgIpc) is 2.50. The van der Waals surface area contributed by atoms with E-state index < -0.39 is 10.0 Å². The van der Waals surface area contributed by atoms with Gasteiger partial charge in [-0.3, -0.25) is 4.79 Å². The first-order valence-corrected chi connectivity index (χ1v) is 8.51. The predicted octanol–water partition coefficient (Wildman–Crippen LogP) is 0.847. The Labute approximate surface area is 135 Å². The molecule has 0 saturated carbocycles. The molecule has 0 bridgehead atoms. The van der Waals surface area contributed by atoms with E-state index >= 15 is 0 Å². The van der Waals surface area contributed by atoms with E-state index in [2.05, 4.69) is 9.82 Å². The maximum atomic E-state index is 12.4. The first-order chi connectivity index (χ1) is 10.8. The Bertz CT molecular complexity index is 859. The summed E-state index contributed by atoms with van der Waals surface area (Å²) in [5.41, 5.74) is 1.31. The lowest BCUT2D eigenvalue weighted by molar-refractivity contribution is 0.402. The van der Waals surface area contributed by atoms with E-state index in [1.54, 1.807) is 25.1 Å². The quantitative estimate of drug-likeness (QED) is 0.844. The van der Waals surface area contributed by atoms with Gasteiger partial charge in [0.2, 0.25) is 10.0 Å². The molecule has 0 aliphatic rings. The highest BCUT2D eigenvalue weighted by atomic mass is 32.2. The van der Waals surface area contributed by atoms with E-state index in [1.807, 2.05) is 6.92 Å². The third-order valence-corrected chi connectivity index (χ3v) is 4.72. The van der Waals surface area contributed by atoms with Crippen LogP contribution in [0.15, 0.2) is 40.0 Å². The minimum absolute atomic E-state index is 0.0513. The molecule has 0 aliphatic heterocycles. The molecule has 0 aliphatic carbocycles. The van der Waals surface area contributed by atoms with Crippen LogP contribution in [0, 0.1) is 13.8 Å². The van der Waals surface area contributed by atoms with Gasteiger partial charge in [0.05, 0.1) is 19.3 Å². The number of aromatic nitrogens is 2. The van der Waals surface area contributed by atoms with E-state index in [9.17, 15) is 13.2 Å². The lowest BCUT2D eigenvalue weighted by atomic mass is 10.2. The predicted molar refractivity (Wildman–Crippen MR) is 86.2 cm³/mol. The summed E-state index contributed by atoms with van der Waals surface area (Å²) in [5, 5.41) is 4.06. The molecule has 124 valence electrons. The molecule has 0 atom stereocenters. The van der Waals surface area contributed by atoms with Crippen molar-refractivity contribution in [2.45, 2.75) is 25.3 Å². The van der Waals surface area contributed by atoms with Gasteiger partial charge in [0.25, 0.3) is 5.56 Å². The Morgan fingerprint density at radius 1 is 1.22 bits per heavy atom. The topological polar surface area (TPSA) is 90.3 Å². The van der Waals surface area contributed by atoms with Crippen molar-refractivity contribution in [2.75, 3.05) is 13.7 Å². The smallest absolute Gasteiger partial charge is 0.266 e. The number of nitrogens with zero attached hydrogens (tertiary/aromatic N) is 2. The van der Waals surface area contributed by atoms with Crippen LogP contribution in [0.4, 0.5) is 0 Å².